The first-order chi connectivity index (χ1) is 12.4. The third kappa shape index (κ3) is 4.40. The molecule has 0 aliphatic carbocycles. The van der Waals surface area contributed by atoms with Crippen LogP contribution in [0.15, 0.2) is 48.8 Å². The molecule has 1 heterocycles. The van der Waals surface area contributed by atoms with Crippen molar-refractivity contribution in [1.29, 1.82) is 0 Å². The van der Waals surface area contributed by atoms with Crippen LogP contribution in [0.1, 0.15) is 10.4 Å². The SMILES string of the molecule is CN(C)CC(O)Cn1cc(NC(=O)c2cccc3cc(Cl)ccc23)cn1. The lowest BCUT2D eigenvalue weighted by Gasteiger charge is -2.15. The van der Waals surface area contributed by atoms with Gasteiger partial charge in [-0.05, 0) is 43.1 Å². The predicted molar refractivity (Wildman–Crippen MR) is 104 cm³/mol. The normalized spacial score (nSPS) is 12.5. The van der Waals surface area contributed by atoms with Crippen molar-refractivity contribution in [3.8, 4) is 0 Å². The largest absolute Gasteiger partial charge is 0.390 e. The Kier molecular flexibility index (Phi) is 5.56. The number of rotatable bonds is 6. The van der Waals surface area contributed by atoms with Crippen LogP contribution >= 0.6 is 11.6 Å². The van der Waals surface area contributed by atoms with E-state index in [0.29, 0.717) is 29.4 Å². The minimum absolute atomic E-state index is 0.216. The number of aliphatic hydroxyl groups excluding tert-OH is 1. The molecule has 26 heavy (non-hydrogen) atoms. The minimum atomic E-state index is -0.531. The molecule has 0 saturated carbocycles. The number of aromatic nitrogens is 2. The van der Waals surface area contributed by atoms with Gasteiger partial charge in [0.2, 0.25) is 0 Å². The van der Waals surface area contributed by atoms with Crippen molar-refractivity contribution >= 4 is 34.0 Å². The molecule has 0 radical (unpaired) electrons. The first-order valence-electron chi connectivity index (χ1n) is 8.27. The van der Waals surface area contributed by atoms with Crippen LogP contribution in [0.3, 0.4) is 0 Å². The van der Waals surface area contributed by atoms with Crippen molar-refractivity contribution < 1.29 is 9.90 Å². The number of carbonyl (C=O) groups excluding carboxylic acids is 1. The molecule has 0 bridgehead atoms. The van der Waals surface area contributed by atoms with Crippen LogP contribution in [-0.2, 0) is 6.54 Å². The summed E-state index contributed by atoms with van der Waals surface area (Å²) >= 11 is 6.02. The first-order valence-corrected chi connectivity index (χ1v) is 8.65. The predicted octanol–water partition coefficient (Wildman–Crippen LogP) is 2.86. The topological polar surface area (TPSA) is 70.4 Å². The van der Waals surface area contributed by atoms with Gasteiger partial charge in [0, 0.05) is 23.3 Å². The summed E-state index contributed by atoms with van der Waals surface area (Å²) in [6, 6.07) is 11.0. The van der Waals surface area contributed by atoms with Crippen LogP contribution in [-0.4, -0.2) is 52.4 Å². The van der Waals surface area contributed by atoms with Crippen LogP contribution in [0.2, 0.25) is 5.02 Å². The number of nitrogens with one attached hydrogen (secondary N) is 1. The van der Waals surface area contributed by atoms with E-state index in [4.69, 9.17) is 11.6 Å². The van der Waals surface area contributed by atoms with Crippen LogP contribution in [0.5, 0.6) is 0 Å². The molecule has 0 aliphatic rings. The van der Waals surface area contributed by atoms with Crippen molar-refractivity contribution in [3.63, 3.8) is 0 Å². The Morgan fingerprint density at radius 1 is 1.35 bits per heavy atom. The summed E-state index contributed by atoms with van der Waals surface area (Å²) in [5.41, 5.74) is 1.15. The fourth-order valence-electron chi connectivity index (χ4n) is 2.87. The van der Waals surface area contributed by atoms with Gasteiger partial charge in [0.1, 0.15) is 0 Å². The fourth-order valence-corrected chi connectivity index (χ4v) is 3.05. The zero-order valence-electron chi connectivity index (χ0n) is 14.7. The van der Waals surface area contributed by atoms with Crippen molar-refractivity contribution in [3.05, 3.63) is 59.4 Å². The number of amides is 1. The number of hydrogen-bond acceptors (Lipinski definition) is 4. The van der Waals surface area contributed by atoms with E-state index >= 15 is 0 Å². The molecule has 1 aromatic heterocycles. The number of anilines is 1. The number of aliphatic hydroxyl groups is 1. The molecule has 0 aliphatic heterocycles. The third-order valence-electron chi connectivity index (χ3n) is 3.95. The van der Waals surface area contributed by atoms with Gasteiger partial charge in [0.15, 0.2) is 0 Å². The zero-order chi connectivity index (χ0) is 18.7. The third-order valence-corrected chi connectivity index (χ3v) is 4.19. The average Bonchev–Trinajstić information content (AvgIpc) is 2.99. The Labute approximate surface area is 157 Å². The molecule has 3 rings (SSSR count). The highest BCUT2D eigenvalue weighted by atomic mass is 35.5. The second-order valence-corrected chi connectivity index (χ2v) is 6.93. The number of likely N-dealkylation sites (N-methyl/N-ethyl adjacent to an activating group) is 1. The molecule has 7 heteroatoms. The van der Waals surface area contributed by atoms with E-state index in [-0.39, 0.29) is 5.91 Å². The number of fused-ring (bicyclic) bond motifs is 1. The van der Waals surface area contributed by atoms with E-state index < -0.39 is 6.10 Å². The Bertz CT molecular complexity index is 923. The maximum absolute atomic E-state index is 12.7. The maximum atomic E-state index is 12.7. The van der Waals surface area contributed by atoms with E-state index in [0.717, 1.165) is 10.8 Å². The number of halogens is 1. The van der Waals surface area contributed by atoms with Crippen molar-refractivity contribution in [2.24, 2.45) is 0 Å². The molecule has 1 unspecified atom stereocenters. The summed E-state index contributed by atoms with van der Waals surface area (Å²) in [7, 11) is 3.80. The Balaban J connectivity index is 1.73. The van der Waals surface area contributed by atoms with Gasteiger partial charge in [-0.15, -0.1) is 0 Å². The van der Waals surface area contributed by atoms with E-state index in [1.807, 2.05) is 43.3 Å². The molecular weight excluding hydrogens is 352 g/mol. The number of benzene rings is 2. The zero-order valence-corrected chi connectivity index (χ0v) is 15.4. The van der Waals surface area contributed by atoms with Crippen molar-refractivity contribution in [2.75, 3.05) is 26.0 Å². The van der Waals surface area contributed by atoms with Gasteiger partial charge in [-0.3, -0.25) is 9.48 Å². The van der Waals surface area contributed by atoms with Crippen LogP contribution in [0.25, 0.3) is 10.8 Å². The molecule has 2 N–H and O–H groups in total. The lowest BCUT2D eigenvalue weighted by Crippen LogP contribution is -2.29. The second kappa shape index (κ2) is 7.86. The van der Waals surface area contributed by atoms with Gasteiger partial charge < -0.3 is 15.3 Å². The highest BCUT2D eigenvalue weighted by Gasteiger charge is 2.13. The van der Waals surface area contributed by atoms with Gasteiger partial charge in [-0.25, -0.2) is 0 Å². The molecule has 136 valence electrons. The quantitative estimate of drug-likeness (QED) is 0.698. The summed E-state index contributed by atoms with van der Waals surface area (Å²) < 4.78 is 1.62. The molecule has 3 aromatic rings. The fraction of sp³-hybridized carbons (Fsp3) is 0.263. The smallest absolute Gasteiger partial charge is 0.256 e. The lowest BCUT2D eigenvalue weighted by molar-refractivity contribution is 0.102. The van der Waals surface area contributed by atoms with E-state index in [9.17, 15) is 9.90 Å². The second-order valence-electron chi connectivity index (χ2n) is 6.49. The van der Waals surface area contributed by atoms with Crippen molar-refractivity contribution in [1.82, 2.24) is 14.7 Å². The standard InChI is InChI=1S/C19H21ClN4O2/c1-23(2)11-16(25)12-24-10-15(9-21-24)22-19(26)18-5-3-4-13-8-14(20)6-7-17(13)18/h3-10,16,25H,11-12H2,1-2H3,(H,22,26). The number of nitrogens with zero attached hydrogens (tertiary/aromatic N) is 3. The van der Waals surface area contributed by atoms with Gasteiger partial charge in [-0.1, -0.05) is 29.8 Å². The van der Waals surface area contributed by atoms with E-state index in [1.54, 1.807) is 29.2 Å². The van der Waals surface area contributed by atoms with Gasteiger partial charge in [-0.2, -0.15) is 5.10 Å². The monoisotopic (exact) mass is 372 g/mol. The Morgan fingerprint density at radius 3 is 2.92 bits per heavy atom. The highest BCUT2D eigenvalue weighted by molar-refractivity contribution is 6.31. The average molecular weight is 373 g/mol. The molecule has 1 atom stereocenters. The van der Waals surface area contributed by atoms with E-state index in [2.05, 4.69) is 10.4 Å². The Hall–Kier alpha value is -2.41. The molecule has 1 amide bonds. The molecule has 6 nitrogen and oxygen atoms in total. The molecule has 0 fully saturated rings. The highest BCUT2D eigenvalue weighted by Crippen LogP contribution is 2.23. The van der Waals surface area contributed by atoms with Crippen LogP contribution in [0.4, 0.5) is 5.69 Å². The van der Waals surface area contributed by atoms with E-state index in [1.165, 1.54) is 0 Å². The number of carbonyl (C=O) groups is 1. The summed E-state index contributed by atoms with van der Waals surface area (Å²) in [6.07, 6.45) is 2.75. The maximum Gasteiger partial charge on any atom is 0.256 e. The minimum Gasteiger partial charge on any atom is -0.390 e. The van der Waals surface area contributed by atoms with Crippen molar-refractivity contribution in [2.45, 2.75) is 12.6 Å². The molecule has 2 aromatic carbocycles. The summed E-state index contributed by atoms with van der Waals surface area (Å²) in [6.45, 7) is 0.904. The summed E-state index contributed by atoms with van der Waals surface area (Å²) in [4.78, 5) is 14.6. The Morgan fingerprint density at radius 2 is 2.15 bits per heavy atom. The van der Waals surface area contributed by atoms with Crippen LogP contribution in [0, 0.1) is 0 Å². The van der Waals surface area contributed by atoms with Gasteiger partial charge in [0.25, 0.3) is 5.91 Å². The molecule has 0 spiro atoms. The lowest BCUT2D eigenvalue weighted by atomic mass is 10.0. The number of hydrogen-bond donors (Lipinski definition) is 2. The first kappa shape index (κ1) is 18.4. The molecule has 0 saturated heterocycles. The summed E-state index contributed by atoms with van der Waals surface area (Å²) in [5, 5.41) is 19.4. The van der Waals surface area contributed by atoms with Gasteiger partial charge >= 0.3 is 0 Å². The summed E-state index contributed by atoms with van der Waals surface area (Å²) in [5.74, 6) is -0.216. The molecular formula is C19H21ClN4O2. The van der Waals surface area contributed by atoms with Crippen LogP contribution < -0.4 is 5.32 Å². The van der Waals surface area contributed by atoms with Gasteiger partial charge in [0.05, 0.1) is 24.5 Å².